The molecule has 0 spiro atoms. The third-order valence-electron chi connectivity index (χ3n) is 6.86. The first-order valence-electron chi connectivity index (χ1n) is 11.7. The van der Waals surface area contributed by atoms with Crippen molar-refractivity contribution in [3.8, 4) is 11.1 Å². The van der Waals surface area contributed by atoms with E-state index in [1.807, 2.05) is 48.5 Å². The Morgan fingerprint density at radius 2 is 1.69 bits per heavy atom. The lowest BCUT2D eigenvalue weighted by Gasteiger charge is -2.38. The Kier molecular flexibility index (Phi) is 7.33. The lowest BCUT2D eigenvalue weighted by molar-refractivity contribution is -0.148. The molecular formula is C26H28F2N2O5. The summed E-state index contributed by atoms with van der Waals surface area (Å²) in [5, 5.41) is 11.5. The van der Waals surface area contributed by atoms with Gasteiger partial charge in [-0.05, 0) is 42.0 Å². The van der Waals surface area contributed by atoms with Gasteiger partial charge in [-0.15, -0.1) is 0 Å². The number of ether oxygens (including phenoxy) is 1. The number of fused-ring (bicyclic) bond motifs is 3. The van der Waals surface area contributed by atoms with Crippen LogP contribution in [0, 0.1) is 5.92 Å². The summed E-state index contributed by atoms with van der Waals surface area (Å²) in [4.78, 5) is 38.2. The van der Waals surface area contributed by atoms with Gasteiger partial charge in [-0.3, -0.25) is 9.59 Å². The molecule has 1 unspecified atom stereocenters. The Morgan fingerprint density at radius 3 is 2.23 bits per heavy atom. The van der Waals surface area contributed by atoms with E-state index in [0.29, 0.717) is 0 Å². The van der Waals surface area contributed by atoms with Crippen molar-refractivity contribution in [3.63, 3.8) is 0 Å². The minimum Gasteiger partial charge on any atom is -0.481 e. The van der Waals surface area contributed by atoms with Crippen LogP contribution >= 0.6 is 0 Å². The van der Waals surface area contributed by atoms with Crippen molar-refractivity contribution in [2.45, 2.75) is 50.6 Å². The first kappa shape index (κ1) is 24.6. The first-order valence-corrected chi connectivity index (χ1v) is 11.7. The third kappa shape index (κ3) is 5.28. The van der Waals surface area contributed by atoms with Crippen LogP contribution in [0.1, 0.15) is 43.2 Å². The third-order valence-corrected chi connectivity index (χ3v) is 6.86. The molecule has 2 N–H and O–H groups in total. The Bertz CT molecular complexity index is 1060. The largest absolute Gasteiger partial charge is 0.481 e. The fraction of sp³-hybridized carbons (Fsp3) is 0.423. The van der Waals surface area contributed by atoms with Gasteiger partial charge >= 0.3 is 12.1 Å². The van der Waals surface area contributed by atoms with Gasteiger partial charge in [-0.2, -0.15) is 0 Å². The van der Waals surface area contributed by atoms with E-state index in [9.17, 15) is 28.3 Å². The van der Waals surface area contributed by atoms with E-state index in [4.69, 9.17) is 4.74 Å². The number of aliphatic carboxylic acids is 1. The minimum atomic E-state index is -2.82. The van der Waals surface area contributed by atoms with Crippen molar-refractivity contribution in [2.75, 3.05) is 13.2 Å². The van der Waals surface area contributed by atoms with Crippen molar-refractivity contribution in [2.24, 2.45) is 5.92 Å². The van der Waals surface area contributed by atoms with Crippen molar-refractivity contribution in [1.29, 1.82) is 0 Å². The van der Waals surface area contributed by atoms with Gasteiger partial charge in [0.25, 0.3) is 0 Å². The summed E-state index contributed by atoms with van der Waals surface area (Å²) in [7, 11) is 0. The standard InChI is InChI=1S/C26H28F2N2O5/c1-15-12-16(25(32)33)10-11-30(15)24(31)22(13-23(27)28)29-26(34)35-14-21-19-8-4-2-6-17(19)18-7-3-5-9-20(18)21/h2-9,15-16,21-23H,10-14H2,1H3,(H,29,34)(H,32,33)/t15-,16-,22?/m0/s1. The number of hydrogen-bond donors (Lipinski definition) is 2. The van der Waals surface area contributed by atoms with Crippen LogP contribution in [-0.2, 0) is 14.3 Å². The maximum atomic E-state index is 13.2. The Hall–Kier alpha value is -3.49. The SMILES string of the molecule is C[C@H]1C[C@@H](C(=O)O)CCN1C(=O)C(CC(F)F)NC(=O)OCC1c2ccccc2-c2ccccc21. The average Bonchev–Trinajstić information content (AvgIpc) is 3.15. The molecule has 0 bridgehead atoms. The highest BCUT2D eigenvalue weighted by atomic mass is 19.3. The molecular weight excluding hydrogens is 458 g/mol. The fourth-order valence-corrected chi connectivity index (χ4v) is 5.11. The van der Waals surface area contributed by atoms with E-state index in [2.05, 4.69) is 5.32 Å². The van der Waals surface area contributed by atoms with Gasteiger partial charge in [-0.25, -0.2) is 13.6 Å². The molecule has 2 aromatic carbocycles. The number of likely N-dealkylation sites (tertiary alicyclic amines) is 1. The van der Waals surface area contributed by atoms with Crippen molar-refractivity contribution in [3.05, 3.63) is 59.7 Å². The van der Waals surface area contributed by atoms with Gasteiger partial charge in [0.05, 0.1) is 5.92 Å². The number of rotatable bonds is 7. The number of amides is 2. The van der Waals surface area contributed by atoms with Crippen LogP contribution in [0.2, 0.25) is 0 Å². The summed E-state index contributed by atoms with van der Waals surface area (Å²) in [6, 6.07) is 13.7. The number of piperidine rings is 1. The summed E-state index contributed by atoms with van der Waals surface area (Å²) in [5.41, 5.74) is 4.14. The van der Waals surface area contributed by atoms with Gasteiger partial charge in [0.1, 0.15) is 12.6 Å². The quantitative estimate of drug-likeness (QED) is 0.610. The van der Waals surface area contributed by atoms with Crippen LogP contribution in [0.3, 0.4) is 0 Å². The molecule has 2 amide bonds. The van der Waals surface area contributed by atoms with Crippen molar-refractivity contribution < 1.29 is 33.0 Å². The molecule has 1 aliphatic heterocycles. The highest BCUT2D eigenvalue weighted by Gasteiger charge is 2.37. The lowest BCUT2D eigenvalue weighted by atomic mass is 9.91. The molecule has 7 nitrogen and oxygen atoms in total. The van der Waals surface area contributed by atoms with E-state index in [1.165, 1.54) is 4.90 Å². The molecule has 1 heterocycles. The molecule has 2 aromatic rings. The molecule has 0 radical (unpaired) electrons. The zero-order chi connectivity index (χ0) is 25.1. The second-order valence-corrected chi connectivity index (χ2v) is 9.09. The summed E-state index contributed by atoms with van der Waals surface area (Å²) >= 11 is 0. The summed E-state index contributed by atoms with van der Waals surface area (Å²) in [5.74, 6) is -2.38. The number of nitrogens with one attached hydrogen (secondary N) is 1. The number of alkyl halides is 2. The summed E-state index contributed by atoms with van der Waals surface area (Å²) < 4.78 is 31.9. The highest BCUT2D eigenvalue weighted by molar-refractivity contribution is 5.86. The number of alkyl carbamates (subject to hydrolysis) is 1. The van der Waals surface area contributed by atoms with Gasteiger partial charge in [0.2, 0.25) is 12.3 Å². The summed E-state index contributed by atoms with van der Waals surface area (Å²) in [6.45, 7) is 1.80. The van der Waals surface area contributed by atoms with Gasteiger partial charge < -0.3 is 20.1 Å². The van der Waals surface area contributed by atoms with E-state index < -0.39 is 48.8 Å². The van der Waals surface area contributed by atoms with Crippen molar-refractivity contribution in [1.82, 2.24) is 10.2 Å². The molecule has 9 heteroatoms. The molecule has 0 aromatic heterocycles. The van der Waals surface area contributed by atoms with E-state index in [-0.39, 0.29) is 31.9 Å². The topological polar surface area (TPSA) is 95.9 Å². The van der Waals surface area contributed by atoms with Crippen LogP contribution in [0.25, 0.3) is 11.1 Å². The molecule has 186 valence electrons. The van der Waals surface area contributed by atoms with Gasteiger partial charge in [0, 0.05) is 24.9 Å². The molecule has 3 atom stereocenters. The first-order chi connectivity index (χ1) is 16.8. The predicted octanol–water partition coefficient (Wildman–Crippen LogP) is 4.26. The van der Waals surface area contributed by atoms with Crippen LogP contribution < -0.4 is 5.32 Å². The molecule has 1 aliphatic carbocycles. The zero-order valence-corrected chi connectivity index (χ0v) is 19.3. The predicted molar refractivity (Wildman–Crippen MR) is 124 cm³/mol. The van der Waals surface area contributed by atoms with Crippen LogP contribution in [0.15, 0.2) is 48.5 Å². The molecule has 2 aliphatic rings. The maximum Gasteiger partial charge on any atom is 0.407 e. The number of carbonyl (C=O) groups excluding carboxylic acids is 2. The van der Waals surface area contributed by atoms with Crippen molar-refractivity contribution >= 4 is 18.0 Å². The van der Waals surface area contributed by atoms with E-state index in [0.717, 1.165) is 22.3 Å². The number of carboxylic acids is 1. The normalized spacial score (nSPS) is 20.2. The molecule has 35 heavy (non-hydrogen) atoms. The zero-order valence-electron chi connectivity index (χ0n) is 19.3. The molecule has 4 rings (SSSR count). The lowest BCUT2D eigenvalue weighted by Crippen LogP contribution is -2.54. The Labute approximate surface area is 202 Å². The maximum absolute atomic E-state index is 13.2. The summed E-state index contributed by atoms with van der Waals surface area (Å²) in [6.07, 6.45) is -4.15. The van der Waals surface area contributed by atoms with Crippen LogP contribution in [0.5, 0.6) is 0 Å². The Balaban J connectivity index is 1.42. The van der Waals surface area contributed by atoms with Gasteiger partial charge in [0.15, 0.2) is 0 Å². The molecule has 0 saturated carbocycles. The van der Waals surface area contributed by atoms with Crippen LogP contribution in [0.4, 0.5) is 13.6 Å². The Morgan fingerprint density at radius 1 is 1.09 bits per heavy atom. The van der Waals surface area contributed by atoms with E-state index >= 15 is 0 Å². The number of benzene rings is 2. The van der Waals surface area contributed by atoms with Gasteiger partial charge in [-0.1, -0.05) is 48.5 Å². The second kappa shape index (κ2) is 10.4. The number of carboxylic acid groups (broad SMARTS) is 1. The average molecular weight is 487 g/mol. The highest BCUT2D eigenvalue weighted by Crippen LogP contribution is 2.44. The fourth-order valence-electron chi connectivity index (χ4n) is 5.11. The number of hydrogen-bond acceptors (Lipinski definition) is 4. The minimum absolute atomic E-state index is 0.00411. The number of nitrogens with zero attached hydrogens (tertiary/aromatic N) is 1. The molecule has 1 saturated heterocycles. The number of halogens is 2. The second-order valence-electron chi connectivity index (χ2n) is 9.09. The van der Waals surface area contributed by atoms with Crippen LogP contribution in [-0.4, -0.2) is 59.6 Å². The monoisotopic (exact) mass is 486 g/mol. The smallest absolute Gasteiger partial charge is 0.407 e. The van der Waals surface area contributed by atoms with E-state index in [1.54, 1.807) is 6.92 Å². The molecule has 1 fully saturated rings. The number of carbonyl (C=O) groups is 3.